The van der Waals surface area contributed by atoms with Gasteiger partial charge in [0, 0.05) is 27.1 Å². The summed E-state index contributed by atoms with van der Waals surface area (Å²) in [6, 6.07) is 14.8. The zero-order chi connectivity index (χ0) is 12.2. The number of para-hydroxylation sites is 1. The van der Waals surface area contributed by atoms with Crippen molar-refractivity contribution in [3.8, 4) is 0 Å². The molecule has 0 bridgehead atoms. The molecule has 0 unspecified atom stereocenters. The summed E-state index contributed by atoms with van der Waals surface area (Å²) in [4.78, 5) is 7.18. The van der Waals surface area contributed by atoms with Gasteiger partial charge in [0.05, 0.1) is 5.52 Å². The fourth-order valence-electron chi connectivity index (χ4n) is 1.91. The first-order chi connectivity index (χ1) is 8.93. The number of rotatable bonds is 4. The quantitative estimate of drug-likeness (QED) is 0.642. The smallest absolute Gasteiger partial charge is 0.0713 e. The van der Waals surface area contributed by atoms with Gasteiger partial charge in [-0.05, 0) is 30.0 Å². The van der Waals surface area contributed by atoms with Gasteiger partial charge < -0.3 is 0 Å². The van der Waals surface area contributed by atoms with Crippen LogP contribution < -0.4 is 0 Å². The van der Waals surface area contributed by atoms with E-state index < -0.39 is 0 Å². The monoisotopic (exact) mass is 271 g/mol. The lowest BCUT2D eigenvalue weighted by molar-refractivity contribution is 1.20. The van der Waals surface area contributed by atoms with Crippen LogP contribution in [0.4, 0.5) is 0 Å². The molecule has 2 aromatic heterocycles. The molecule has 0 N–H and O–H groups in total. The van der Waals surface area contributed by atoms with E-state index in [1.807, 2.05) is 35.4 Å². The van der Waals surface area contributed by atoms with E-state index in [1.54, 1.807) is 0 Å². The van der Waals surface area contributed by atoms with Crippen molar-refractivity contribution < 1.29 is 0 Å². The second kappa shape index (κ2) is 5.55. The summed E-state index contributed by atoms with van der Waals surface area (Å²) < 4.78 is 0. The predicted molar refractivity (Wildman–Crippen MR) is 80.5 cm³/mol. The van der Waals surface area contributed by atoms with Crippen LogP contribution in [-0.2, 0) is 6.42 Å². The van der Waals surface area contributed by atoms with Gasteiger partial charge in [-0.25, -0.2) is 0 Å². The van der Waals surface area contributed by atoms with Gasteiger partial charge in [-0.3, -0.25) is 4.98 Å². The van der Waals surface area contributed by atoms with Crippen LogP contribution in [0.5, 0.6) is 0 Å². The zero-order valence-corrected chi connectivity index (χ0v) is 11.5. The molecular formula is C15H13NS2. The van der Waals surface area contributed by atoms with Crippen molar-refractivity contribution >= 4 is 34.0 Å². The van der Waals surface area contributed by atoms with E-state index in [0.29, 0.717) is 0 Å². The molecule has 0 saturated carbocycles. The Morgan fingerprint density at radius 3 is 2.89 bits per heavy atom. The van der Waals surface area contributed by atoms with E-state index in [2.05, 4.69) is 46.8 Å². The Hall–Kier alpha value is -1.32. The van der Waals surface area contributed by atoms with Crippen molar-refractivity contribution in [3.05, 3.63) is 58.9 Å². The Labute approximate surface area is 115 Å². The molecule has 0 saturated heterocycles. The third kappa shape index (κ3) is 2.57. The van der Waals surface area contributed by atoms with Gasteiger partial charge in [0.15, 0.2) is 0 Å². The number of thiophene rings is 1. The maximum atomic E-state index is 4.39. The summed E-state index contributed by atoms with van der Waals surface area (Å²) in [6.07, 6.45) is 3.04. The van der Waals surface area contributed by atoms with Gasteiger partial charge in [-0.15, -0.1) is 23.1 Å². The summed E-state index contributed by atoms with van der Waals surface area (Å²) >= 11 is 3.75. The maximum absolute atomic E-state index is 4.39. The molecule has 3 aromatic rings. The number of thioether (sulfide) groups is 1. The van der Waals surface area contributed by atoms with Gasteiger partial charge in [-0.2, -0.15) is 0 Å². The molecule has 0 atom stereocenters. The number of aryl methyl sites for hydroxylation is 1. The number of nitrogens with zero attached hydrogens (tertiary/aromatic N) is 1. The fourth-order valence-corrected chi connectivity index (χ4v) is 3.78. The largest absolute Gasteiger partial charge is 0.256 e. The zero-order valence-electron chi connectivity index (χ0n) is 9.87. The van der Waals surface area contributed by atoms with Crippen LogP contribution in [0.3, 0.4) is 0 Å². The lowest BCUT2D eigenvalue weighted by Gasteiger charge is -2.04. The second-order valence-corrected chi connectivity index (χ2v) is 6.17. The van der Waals surface area contributed by atoms with Crippen LogP contribution in [0.2, 0.25) is 0 Å². The third-order valence-electron chi connectivity index (χ3n) is 2.80. The normalized spacial score (nSPS) is 10.9. The van der Waals surface area contributed by atoms with E-state index in [1.165, 1.54) is 15.2 Å². The third-order valence-corrected chi connectivity index (χ3v) is 4.81. The van der Waals surface area contributed by atoms with Crippen LogP contribution in [0, 0.1) is 0 Å². The average Bonchev–Trinajstić information content (AvgIpc) is 2.92. The molecule has 0 fully saturated rings. The molecule has 1 nitrogen and oxygen atoms in total. The molecular weight excluding hydrogens is 258 g/mol. The standard InChI is InChI=1S/C15H13NS2/c1-2-6-14-13(5-1)15(7-9-16-14)18-11-8-12-4-3-10-17-12/h1-7,9-10H,8,11H2. The Morgan fingerprint density at radius 1 is 1.06 bits per heavy atom. The first-order valence-corrected chi connectivity index (χ1v) is 7.79. The SMILES string of the molecule is c1csc(CCSc2ccnc3ccccc23)c1. The molecule has 3 heteroatoms. The highest BCUT2D eigenvalue weighted by molar-refractivity contribution is 7.99. The highest BCUT2D eigenvalue weighted by Crippen LogP contribution is 2.27. The molecule has 0 spiro atoms. The van der Waals surface area contributed by atoms with Crippen molar-refractivity contribution in [2.45, 2.75) is 11.3 Å². The van der Waals surface area contributed by atoms with Gasteiger partial charge in [0.1, 0.15) is 0 Å². The number of benzene rings is 1. The molecule has 0 aliphatic rings. The van der Waals surface area contributed by atoms with E-state index in [-0.39, 0.29) is 0 Å². The average molecular weight is 271 g/mol. The van der Waals surface area contributed by atoms with Crippen molar-refractivity contribution in [1.29, 1.82) is 0 Å². The highest BCUT2D eigenvalue weighted by Gasteiger charge is 2.02. The number of fused-ring (bicyclic) bond motifs is 1. The topological polar surface area (TPSA) is 12.9 Å². The number of hydrogen-bond acceptors (Lipinski definition) is 3. The molecule has 0 amide bonds. The van der Waals surface area contributed by atoms with E-state index >= 15 is 0 Å². The van der Waals surface area contributed by atoms with Crippen molar-refractivity contribution in [2.75, 3.05) is 5.75 Å². The van der Waals surface area contributed by atoms with Crippen LogP contribution >= 0.6 is 23.1 Å². The summed E-state index contributed by atoms with van der Waals surface area (Å²) in [6.45, 7) is 0. The van der Waals surface area contributed by atoms with Gasteiger partial charge in [0.25, 0.3) is 0 Å². The molecule has 18 heavy (non-hydrogen) atoms. The Bertz CT molecular complexity index is 627. The van der Waals surface area contributed by atoms with Crippen LogP contribution in [-0.4, -0.2) is 10.7 Å². The van der Waals surface area contributed by atoms with E-state index in [9.17, 15) is 0 Å². The maximum Gasteiger partial charge on any atom is 0.0713 e. The first-order valence-electron chi connectivity index (χ1n) is 5.92. The molecule has 0 aliphatic heterocycles. The Morgan fingerprint density at radius 2 is 2.00 bits per heavy atom. The second-order valence-electron chi connectivity index (χ2n) is 4.00. The molecule has 3 rings (SSSR count). The number of pyridine rings is 1. The fraction of sp³-hybridized carbons (Fsp3) is 0.133. The van der Waals surface area contributed by atoms with Gasteiger partial charge in [0.2, 0.25) is 0 Å². The van der Waals surface area contributed by atoms with Crippen molar-refractivity contribution in [3.63, 3.8) is 0 Å². The Kier molecular flexibility index (Phi) is 3.62. The minimum Gasteiger partial charge on any atom is -0.256 e. The minimum atomic E-state index is 1.08. The van der Waals surface area contributed by atoms with Crippen LogP contribution in [0.15, 0.2) is 58.9 Å². The number of hydrogen-bond donors (Lipinski definition) is 0. The minimum absolute atomic E-state index is 1.08. The molecule has 1 aromatic carbocycles. The van der Waals surface area contributed by atoms with Gasteiger partial charge in [-0.1, -0.05) is 24.3 Å². The summed E-state index contributed by atoms with van der Waals surface area (Å²) in [5, 5.41) is 3.40. The molecule has 0 aliphatic carbocycles. The first kappa shape index (κ1) is 11.8. The molecule has 0 radical (unpaired) electrons. The van der Waals surface area contributed by atoms with Crippen molar-refractivity contribution in [2.24, 2.45) is 0 Å². The van der Waals surface area contributed by atoms with Crippen molar-refractivity contribution in [1.82, 2.24) is 4.98 Å². The van der Waals surface area contributed by atoms with E-state index in [4.69, 9.17) is 0 Å². The predicted octanol–water partition coefficient (Wildman–Crippen LogP) is 4.63. The summed E-state index contributed by atoms with van der Waals surface area (Å²) in [7, 11) is 0. The van der Waals surface area contributed by atoms with E-state index in [0.717, 1.165) is 17.7 Å². The molecule has 2 heterocycles. The van der Waals surface area contributed by atoms with Gasteiger partial charge >= 0.3 is 0 Å². The lowest BCUT2D eigenvalue weighted by atomic mass is 10.2. The molecule has 90 valence electrons. The summed E-state index contributed by atoms with van der Waals surface area (Å²) in [5.74, 6) is 1.12. The summed E-state index contributed by atoms with van der Waals surface area (Å²) in [5.41, 5.74) is 1.08. The lowest BCUT2D eigenvalue weighted by Crippen LogP contribution is -1.86. The van der Waals surface area contributed by atoms with Crippen LogP contribution in [0.1, 0.15) is 4.88 Å². The Balaban J connectivity index is 1.74. The van der Waals surface area contributed by atoms with Crippen LogP contribution in [0.25, 0.3) is 10.9 Å². The highest BCUT2D eigenvalue weighted by atomic mass is 32.2. The number of aromatic nitrogens is 1.